The molecule has 0 bridgehead atoms. The third kappa shape index (κ3) is 3.62. The quantitative estimate of drug-likeness (QED) is 0.895. The van der Waals surface area contributed by atoms with E-state index < -0.39 is 0 Å². The van der Waals surface area contributed by atoms with Crippen LogP contribution in [0.2, 0.25) is 0 Å². The second-order valence-corrected chi connectivity index (χ2v) is 6.16. The van der Waals surface area contributed by atoms with Crippen molar-refractivity contribution in [3.05, 3.63) is 23.2 Å². The molecule has 0 saturated carbocycles. The van der Waals surface area contributed by atoms with Crippen molar-refractivity contribution in [3.63, 3.8) is 0 Å². The van der Waals surface area contributed by atoms with Crippen LogP contribution in [0.15, 0.2) is 10.5 Å². The maximum absolute atomic E-state index is 6.00. The normalized spacial score (nSPS) is 25.2. The molecule has 1 aliphatic rings. The van der Waals surface area contributed by atoms with Crippen LogP contribution in [0.4, 0.5) is 0 Å². The van der Waals surface area contributed by atoms with E-state index in [1.54, 1.807) is 0 Å². The van der Waals surface area contributed by atoms with Crippen molar-refractivity contribution in [2.75, 3.05) is 26.7 Å². The topological polar surface area (TPSA) is 31.7 Å². The Morgan fingerprint density at radius 3 is 2.55 bits per heavy atom. The van der Waals surface area contributed by atoms with Gasteiger partial charge in [-0.05, 0) is 46.0 Å². The third-order valence-electron chi connectivity index (χ3n) is 4.42. The fraction of sp³-hybridized carbons (Fsp3) is 0.750. The van der Waals surface area contributed by atoms with E-state index in [-0.39, 0.29) is 0 Å². The molecule has 2 atom stereocenters. The number of hydrogen-bond donors (Lipinski definition) is 1. The number of nitrogens with one attached hydrogen (secondary N) is 1. The van der Waals surface area contributed by atoms with E-state index in [9.17, 15) is 0 Å². The van der Waals surface area contributed by atoms with Gasteiger partial charge in [-0.15, -0.1) is 0 Å². The van der Waals surface area contributed by atoms with Crippen LogP contribution in [-0.4, -0.2) is 48.6 Å². The Morgan fingerprint density at radius 1 is 1.30 bits per heavy atom. The van der Waals surface area contributed by atoms with E-state index in [4.69, 9.17) is 4.42 Å². The van der Waals surface area contributed by atoms with E-state index >= 15 is 0 Å². The molecular weight excluding hydrogens is 250 g/mol. The van der Waals surface area contributed by atoms with E-state index in [0.717, 1.165) is 44.2 Å². The molecule has 114 valence electrons. The fourth-order valence-electron chi connectivity index (χ4n) is 2.95. The van der Waals surface area contributed by atoms with Gasteiger partial charge in [0, 0.05) is 25.2 Å². The van der Waals surface area contributed by atoms with E-state index in [1.807, 2.05) is 0 Å². The minimum atomic E-state index is 0.607. The summed E-state index contributed by atoms with van der Waals surface area (Å²) in [5.41, 5.74) is 1.26. The molecule has 1 saturated heterocycles. The number of rotatable bonds is 5. The molecule has 4 heteroatoms. The summed E-state index contributed by atoms with van der Waals surface area (Å²) in [7, 11) is 2.22. The van der Waals surface area contributed by atoms with Gasteiger partial charge in [-0.3, -0.25) is 9.80 Å². The highest BCUT2D eigenvalue weighted by Crippen LogP contribution is 2.19. The molecule has 2 heterocycles. The molecule has 1 fully saturated rings. The molecular formula is C16H29N3O. The van der Waals surface area contributed by atoms with Gasteiger partial charge in [-0.1, -0.05) is 6.92 Å². The summed E-state index contributed by atoms with van der Waals surface area (Å²) < 4.78 is 6.00. The van der Waals surface area contributed by atoms with Crippen LogP contribution in [0.3, 0.4) is 0 Å². The van der Waals surface area contributed by atoms with Gasteiger partial charge in [-0.2, -0.15) is 0 Å². The van der Waals surface area contributed by atoms with Crippen molar-refractivity contribution in [3.8, 4) is 0 Å². The average Bonchev–Trinajstić information content (AvgIpc) is 2.73. The van der Waals surface area contributed by atoms with E-state index in [0.29, 0.717) is 12.1 Å². The molecule has 20 heavy (non-hydrogen) atoms. The lowest BCUT2D eigenvalue weighted by Crippen LogP contribution is -2.54. The molecule has 4 nitrogen and oxygen atoms in total. The second kappa shape index (κ2) is 6.74. The summed E-state index contributed by atoms with van der Waals surface area (Å²) in [6.45, 7) is 13.8. The molecule has 2 unspecified atom stereocenters. The summed E-state index contributed by atoms with van der Waals surface area (Å²) in [6, 6.07) is 3.41. The molecule has 1 N–H and O–H groups in total. The van der Waals surface area contributed by atoms with E-state index in [1.165, 1.54) is 5.56 Å². The van der Waals surface area contributed by atoms with Crippen molar-refractivity contribution in [1.82, 2.24) is 15.1 Å². The Hall–Kier alpha value is -0.840. The van der Waals surface area contributed by atoms with E-state index in [2.05, 4.69) is 55.9 Å². The first-order chi connectivity index (χ1) is 9.51. The smallest absolute Gasteiger partial charge is 0.120 e. The van der Waals surface area contributed by atoms with Gasteiger partial charge in [0.05, 0.1) is 13.1 Å². The zero-order chi connectivity index (χ0) is 14.7. The standard InChI is InChI=1S/C16H29N3O/c1-6-17-8-16-12(2)7-15(20-16)11-19-9-13(3)18(5)14(4)10-19/h7,13-14,17H,6,8-11H2,1-5H3. The number of hydrogen-bond acceptors (Lipinski definition) is 4. The number of piperazine rings is 1. The summed E-state index contributed by atoms with van der Waals surface area (Å²) >= 11 is 0. The largest absolute Gasteiger partial charge is 0.463 e. The Balaban J connectivity index is 1.96. The summed E-state index contributed by atoms with van der Waals surface area (Å²) in [5, 5.41) is 3.33. The summed E-state index contributed by atoms with van der Waals surface area (Å²) in [6.07, 6.45) is 0. The van der Waals surface area contributed by atoms with Gasteiger partial charge in [0.2, 0.25) is 0 Å². The number of nitrogens with zero attached hydrogens (tertiary/aromatic N) is 2. The molecule has 0 amide bonds. The van der Waals surface area contributed by atoms with Crippen molar-refractivity contribution >= 4 is 0 Å². The molecule has 0 aromatic carbocycles. The Kier molecular flexibility index (Phi) is 5.24. The van der Waals surface area contributed by atoms with Gasteiger partial charge in [-0.25, -0.2) is 0 Å². The zero-order valence-electron chi connectivity index (χ0n) is 13.6. The van der Waals surface area contributed by atoms with Crippen LogP contribution in [-0.2, 0) is 13.1 Å². The van der Waals surface area contributed by atoms with Crippen LogP contribution in [0.25, 0.3) is 0 Å². The van der Waals surface area contributed by atoms with Crippen LogP contribution >= 0.6 is 0 Å². The number of aryl methyl sites for hydroxylation is 1. The minimum Gasteiger partial charge on any atom is -0.463 e. The minimum absolute atomic E-state index is 0.607. The molecule has 0 aliphatic carbocycles. The van der Waals surface area contributed by atoms with Crippen molar-refractivity contribution in [2.24, 2.45) is 0 Å². The first-order valence-corrected chi connectivity index (χ1v) is 7.74. The van der Waals surface area contributed by atoms with Gasteiger partial charge in [0.25, 0.3) is 0 Å². The van der Waals surface area contributed by atoms with Gasteiger partial charge in [0.15, 0.2) is 0 Å². The van der Waals surface area contributed by atoms with Gasteiger partial charge in [0.1, 0.15) is 11.5 Å². The highest BCUT2D eigenvalue weighted by Gasteiger charge is 2.27. The molecule has 0 radical (unpaired) electrons. The first kappa shape index (κ1) is 15.5. The lowest BCUT2D eigenvalue weighted by molar-refractivity contribution is 0.0516. The third-order valence-corrected chi connectivity index (χ3v) is 4.42. The highest BCUT2D eigenvalue weighted by molar-refractivity contribution is 5.20. The average molecular weight is 279 g/mol. The highest BCUT2D eigenvalue weighted by atomic mass is 16.3. The molecule has 0 spiro atoms. The Bertz CT molecular complexity index is 417. The molecule has 2 rings (SSSR count). The van der Waals surface area contributed by atoms with Crippen LogP contribution < -0.4 is 5.32 Å². The Labute approximate surface area is 123 Å². The van der Waals surface area contributed by atoms with Crippen molar-refractivity contribution in [2.45, 2.75) is 52.9 Å². The number of furan rings is 1. The van der Waals surface area contributed by atoms with Gasteiger partial charge >= 0.3 is 0 Å². The maximum atomic E-state index is 6.00. The van der Waals surface area contributed by atoms with Gasteiger partial charge < -0.3 is 9.73 Å². The second-order valence-electron chi connectivity index (χ2n) is 6.16. The maximum Gasteiger partial charge on any atom is 0.120 e. The fourth-order valence-corrected chi connectivity index (χ4v) is 2.95. The number of likely N-dealkylation sites (N-methyl/N-ethyl adjacent to an activating group) is 1. The lowest BCUT2D eigenvalue weighted by Gasteiger charge is -2.42. The molecule has 1 aromatic rings. The molecule has 1 aromatic heterocycles. The zero-order valence-corrected chi connectivity index (χ0v) is 13.6. The predicted octanol–water partition coefficient (Wildman–Crippen LogP) is 2.22. The lowest BCUT2D eigenvalue weighted by atomic mass is 10.1. The first-order valence-electron chi connectivity index (χ1n) is 7.74. The van der Waals surface area contributed by atoms with Crippen LogP contribution in [0.1, 0.15) is 37.9 Å². The molecule has 1 aliphatic heterocycles. The summed E-state index contributed by atoms with van der Waals surface area (Å²) in [4.78, 5) is 4.96. The SMILES string of the molecule is CCNCc1oc(CN2CC(C)N(C)C(C)C2)cc1C. The van der Waals surface area contributed by atoms with Crippen molar-refractivity contribution in [1.29, 1.82) is 0 Å². The van der Waals surface area contributed by atoms with Crippen LogP contribution in [0.5, 0.6) is 0 Å². The Morgan fingerprint density at radius 2 is 1.95 bits per heavy atom. The summed E-state index contributed by atoms with van der Waals surface area (Å²) in [5.74, 6) is 2.18. The van der Waals surface area contributed by atoms with Crippen LogP contribution in [0, 0.1) is 6.92 Å². The monoisotopic (exact) mass is 279 g/mol. The predicted molar refractivity (Wildman–Crippen MR) is 82.8 cm³/mol. The van der Waals surface area contributed by atoms with Crippen molar-refractivity contribution < 1.29 is 4.42 Å².